The second kappa shape index (κ2) is 8.01. The Morgan fingerprint density at radius 3 is 2.72 bits per heavy atom. The molecule has 1 aliphatic rings. The lowest BCUT2D eigenvalue weighted by atomic mass is 9.96. The standard InChI is InChI=1S/C20H24N2O3/c1-15-3-2-4-17(11-15)12-19(23)21-13-16-5-8-22(9-6-16)20(24)18-7-10-25-14-18/h2-4,7,10-11,14,16H,5-6,8-9,12-13H2,1H3,(H,21,23). The Bertz CT molecular complexity index is 716. The zero-order chi connectivity index (χ0) is 17.6. The maximum absolute atomic E-state index is 12.3. The topological polar surface area (TPSA) is 62.6 Å². The highest BCUT2D eigenvalue weighted by Gasteiger charge is 2.24. The van der Waals surface area contributed by atoms with E-state index >= 15 is 0 Å². The summed E-state index contributed by atoms with van der Waals surface area (Å²) in [6, 6.07) is 9.72. The van der Waals surface area contributed by atoms with Crippen molar-refractivity contribution in [1.29, 1.82) is 0 Å². The first kappa shape index (κ1) is 17.3. The summed E-state index contributed by atoms with van der Waals surface area (Å²) < 4.78 is 4.97. The van der Waals surface area contributed by atoms with Crippen LogP contribution in [-0.2, 0) is 11.2 Å². The second-order valence-electron chi connectivity index (χ2n) is 6.72. The van der Waals surface area contributed by atoms with Gasteiger partial charge in [0.2, 0.25) is 5.91 Å². The summed E-state index contributed by atoms with van der Waals surface area (Å²) in [6.07, 6.45) is 5.24. The first-order chi connectivity index (χ1) is 12.1. The minimum Gasteiger partial charge on any atom is -0.472 e. The van der Waals surface area contributed by atoms with Crippen LogP contribution in [0.3, 0.4) is 0 Å². The molecule has 2 amide bonds. The van der Waals surface area contributed by atoms with E-state index in [1.165, 1.54) is 18.1 Å². The van der Waals surface area contributed by atoms with E-state index in [-0.39, 0.29) is 11.8 Å². The van der Waals surface area contributed by atoms with Crippen molar-refractivity contribution in [3.8, 4) is 0 Å². The third-order valence-corrected chi connectivity index (χ3v) is 4.70. The van der Waals surface area contributed by atoms with Crippen molar-refractivity contribution >= 4 is 11.8 Å². The molecule has 1 N–H and O–H groups in total. The van der Waals surface area contributed by atoms with Crippen LogP contribution in [0.2, 0.25) is 0 Å². The number of aryl methyl sites for hydroxylation is 1. The lowest BCUT2D eigenvalue weighted by Gasteiger charge is -2.31. The van der Waals surface area contributed by atoms with E-state index in [1.54, 1.807) is 6.07 Å². The summed E-state index contributed by atoms with van der Waals surface area (Å²) in [4.78, 5) is 26.2. The van der Waals surface area contributed by atoms with Crippen molar-refractivity contribution in [2.75, 3.05) is 19.6 Å². The van der Waals surface area contributed by atoms with E-state index in [1.807, 2.05) is 36.1 Å². The smallest absolute Gasteiger partial charge is 0.257 e. The number of likely N-dealkylation sites (tertiary alicyclic amines) is 1. The average molecular weight is 340 g/mol. The molecule has 5 heteroatoms. The largest absolute Gasteiger partial charge is 0.472 e. The fourth-order valence-electron chi connectivity index (χ4n) is 3.24. The Morgan fingerprint density at radius 1 is 1.24 bits per heavy atom. The molecule has 5 nitrogen and oxygen atoms in total. The van der Waals surface area contributed by atoms with Crippen molar-refractivity contribution in [3.63, 3.8) is 0 Å². The third-order valence-electron chi connectivity index (χ3n) is 4.70. The molecule has 1 aromatic heterocycles. The summed E-state index contributed by atoms with van der Waals surface area (Å²) in [7, 11) is 0. The second-order valence-corrected chi connectivity index (χ2v) is 6.72. The molecule has 2 aromatic rings. The molecule has 0 atom stereocenters. The molecule has 0 spiro atoms. The zero-order valence-electron chi connectivity index (χ0n) is 14.5. The fourth-order valence-corrected chi connectivity index (χ4v) is 3.24. The minimum absolute atomic E-state index is 0.0238. The molecule has 3 rings (SSSR count). The van der Waals surface area contributed by atoms with Crippen LogP contribution in [0.4, 0.5) is 0 Å². The molecular weight excluding hydrogens is 316 g/mol. The molecule has 1 saturated heterocycles. The number of carbonyl (C=O) groups excluding carboxylic acids is 2. The van der Waals surface area contributed by atoms with Gasteiger partial charge in [0.05, 0.1) is 18.2 Å². The Balaban J connectivity index is 1.40. The van der Waals surface area contributed by atoms with E-state index in [2.05, 4.69) is 5.32 Å². The number of carbonyl (C=O) groups is 2. The summed E-state index contributed by atoms with van der Waals surface area (Å²) in [5.41, 5.74) is 2.81. The van der Waals surface area contributed by atoms with Crippen LogP contribution in [-0.4, -0.2) is 36.3 Å². The Labute approximate surface area is 148 Å². The van der Waals surface area contributed by atoms with Gasteiger partial charge in [0.1, 0.15) is 6.26 Å². The zero-order valence-corrected chi connectivity index (χ0v) is 14.5. The number of rotatable bonds is 5. The van der Waals surface area contributed by atoms with Crippen molar-refractivity contribution in [3.05, 3.63) is 59.5 Å². The van der Waals surface area contributed by atoms with Crippen LogP contribution in [0.5, 0.6) is 0 Å². The van der Waals surface area contributed by atoms with E-state index in [0.29, 0.717) is 24.4 Å². The summed E-state index contributed by atoms with van der Waals surface area (Å²) in [5.74, 6) is 0.507. The highest BCUT2D eigenvalue weighted by Crippen LogP contribution is 2.18. The van der Waals surface area contributed by atoms with Crippen LogP contribution in [0.15, 0.2) is 47.3 Å². The first-order valence-electron chi connectivity index (χ1n) is 8.75. The lowest BCUT2D eigenvalue weighted by molar-refractivity contribution is -0.120. The molecule has 1 aliphatic heterocycles. The predicted molar refractivity (Wildman–Crippen MR) is 95.2 cm³/mol. The van der Waals surface area contributed by atoms with Gasteiger partial charge in [-0.15, -0.1) is 0 Å². The maximum Gasteiger partial charge on any atom is 0.257 e. The Kier molecular flexibility index (Phi) is 5.53. The van der Waals surface area contributed by atoms with Gasteiger partial charge in [0.15, 0.2) is 0 Å². The van der Waals surface area contributed by atoms with Gasteiger partial charge in [-0.25, -0.2) is 0 Å². The maximum atomic E-state index is 12.3. The molecule has 0 unspecified atom stereocenters. The molecular formula is C20H24N2O3. The number of nitrogens with zero attached hydrogens (tertiary/aromatic N) is 1. The molecule has 0 aliphatic carbocycles. The van der Waals surface area contributed by atoms with Crippen molar-refractivity contribution in [2.24, 2.45) is 5.92 Å². The first-order valence-corrected chi connectivity index (χ1v) is 8.75. The summed E-state index contributed by atoms with van der Waals surface area (Å²) in [6.45, 7) is 4.16. The normalized spacial score (nSPS) is 15.2. The third kappa shape index (κ3) is 4.72. The van der Waals surface area contributed by atoms with E-state index in [4.69, 9.17) is 4.42 Å². The fraction of sp³-hybridized carbons (Fsp3) is 0.400. The Hall–Kier alpha value is -2.56. The molecule has 0 saturated carbocycles. The highest BCUT2D eigenvalue weighted by atomic mass is 16.3. The number of piperidine rings is 1. The number of hydrogen-bond donors (Lipinski definition) is 1. The van der Waals surface area contributed by atoms with E-state index in [9.17, 15) is 9.59 Å². The lowest BCUT2D eigenvalue weighted by Crippen LogP contribution is -2.41. The van der Waals surface area contributed by atoms with Crippen LogP contribution in [0.1, 0.15) is 34.3 Å². The van der Waals surface area contributed by atoms with Gasteiger partial charge in [-0.05, 0) is 37.3 Å². The summed E-state index contributed by atoms with van der Waals surface area (Å²) in [5, 5.41) is 3.03. The van der Waals surface area contributed by atoms with Crippen LogP contribution in [0, 0.1) is 12.8 Å². The van der Waals surface area contributed by atoms with Crippen molar-refractivity contribution < 1.29 is 14.0 Å². The van der Waals surface area contributed by atoms with Gasteiger partial charge in [0.25, 0.3) is 5.91 Å². The van der Waals surface area contributed by atoms with Crippen molar-refractivity contribution in [2.45, 2.75) is 26.2 Å². The number of nitrogens with one attached hydrogen (secondary N) is 1. The van der Waals surface area contributed by atoms with Gasteiger partial charge < -0.3 is 14.6 Å². The van der Waals surface area contributed by atoms with Gasteiger partial charge in [-0.1, -0.05) is 29.8 Å². The molecule has 1 fully saturated rings. The van der Waals surface area contributed by atoms with Crippen molar-refractivity contribution in [1.82, 2.24) is 10.2 Å². The monoisotopic (exact) mass is 340 g/mol. The van der Waals surface area contributed by atoms with Gasteiger partial charge in [-0.2, -0.15) is 0 Å². The minimum atomic E-state index is 0.0238. The van der Waals surface area contributed by atoms with E-state index in [0.717, 1.165) is 31.5 Å². The molecule has 2 heterocycles. The molecule has 25 heavy (non-hydrogen) atoms. The number of furan rings is 1. The number of hydrogen-bond acceptors (Lipinski definition) is 3. The van der Waals surface area contributed by atoms with Gasteiger partial charge in [0, 0.05) is 19.6 Å². The van der Waals surface area contributed by atoms with Crippen LogP contribution >= 0.6 is 0 Å². The average Bonchev–Trinajstić information content (AvgIpc) is 3.14. The van der Waals surface area contributed by atoms with Crippen LogP contribution in [0.25, 0.3) is 0 Å². The Morgan fingerprint density at radius 2 is 2.04 bits per heavy atom. The SMILES string of the molecule is Cc1cccc(CC(=O)NCC2CCN(C(=O)c3ccoc3)CC2)c1. The molecule has 0 radical (unpaired) electrons. The summed E-state index contributed by atoms with van der Waals surface area (Å²) >= 11 is 0. The van der Waals surface area contributed by atoms with E-state index < -0.39 is 0 Å². The highest BCUT2D eigenvalue weighted by molar-refractivity contribution is 5.93. The molecule has 132 valence electrons. The molecule has 1 aromatic carbocycles. The predicted octanol–water partition coefficient (Wildman–Crippen LogP) is 2.80. The number of amides is 2. The number of benzene rings is 1. The molecule has 0 bridgehead atoms. The quantitative estimate of drug-likeness (QED) is 0.910. The van der Waals surface area contributed by atoms with Gasteiger partial charge in [-0.3, -0.25) is 9.59 Å². The van der Waals surface area contributed by atoms with Gasteiger partial charge >= 0.3 is 0 Å². The van der Waals surface area contributed by atoms with Crippen LogP contribution < -0.4 is 5.32 Å².